The van der Waals surface area contributed by atoms with E-state index in [0.29, 0.717) is 0 Å². The van der Waals surface area contributed by atoms with Gasteiger partial charge in [-0.1, -0.05) is 12.1 Å². The Labute approximate surface area is 96.8 Å². The van der Waals surface area contributed by atoms with Crippen LogP contribution in [0.15, 0.2) is 53.0 Å². The van der Waals surface area contributed by atoms with Gasteiger partial charge in [0, 0.05) is 5.69 Å². The van der Waals surface area contributed by atoms with Crippen LogP contribution in [0.4, 0.5) is 5.69 Å². The van der Waals surface area contributed by atoms with Crippen molar-refractivity contribution in [3.8, 4) is 11.5 Å². The molecule has 0 aliphatic rings. The summed E-state index contributed by atoms with van der Waals surface area (Å²) in [5.74, 6) is 1.57. The second-order valence-electron chi connectivity index (χ2n) is 3.10. The van der Waals surface area contributed by atoms with E-state index in [1.165, 1.54) is 0 Å². The normalized spacial score (nSPS) is 9.93. The molecule has 15 heavy (non-hydrogen) atoms. The molecule has 0 aliphatic heterocycles. The highest BCUT2D eigenvalue weighted by molar-refractivity contribution is 9.10. The number of halogens is 1. The lowest BCUT2D eigenvalue weighted by Gasteiger charge is -2.07. The number of benzene rings is 2. The van der Waals surface area contributed by atoms with Gasteiger partial charge in [0.05, 0.1) is 4.47 Å². The van der Waals surface area contributed by atoms with Gasteiger partial charge in [0.15, 0.2) is 0 Å². The Balaban J connectivity index is 2.22. The van der Waals surface area contributed by atoms with E-state index >= 15 is 0 Å². The van der Waals surface area contributed by atoms with Crippen LogP contribution < -0.4 is 10.5 Å². The highest BCUT2D eigenvalue weighted by atomic mass is 79.9. The quantitative estimate of drug-likeness (QED) is 0.837. The van der Waals surface area contributed by atoms with Crippen LogP contribution in [0.3, 0.4) is 0 Å². The highest BCUT2D eigenvalue weighted by Crippen LogP contribution is 2.29. The minimum atomic E-state index is 0.731. The third-order valence-corrected chi connectivity index (χ3v) is 2.60. The number of hydrogen-bond acceptors (Lipinski definition) is 2. The lowest BCUT2D eigenvalue weighted by atomic mass is 10.3. The molecule has 2 rings (SSSR count). The molecular weight excluding hydrogens is 254 g/mol. The third kappa shape index (κ3) is 2.50. The average Bonchev–Trinajstić information content (AvgIpc) is 2.25. The Morgan fingerprint density at radius 2 is 1.60 bits per heavy atom. The molecule has 2 aromatic carbocycles. The van der Waals surface area contributed by atoms with Crippen molar-refractivity contribution >= 4 is 21.6 Å². The Kier molecular flexibility index (Phi) is 2.92. The molecule has 0 unspecified atom stereocenters. The van der Waals surface area contributed by atoms with Crippen molar-refractivity contribution in [2.75, 3.05) is 5.73 Å². The Morgan fingerprint density at radius 1 is 0.933 bits per heavy atom. The maximum atomic E-state index is 5.66. The molecule has 2 aromatic rings. The first kappa shape index (κ1) is 10.1. The van der Waals surface area contributed by atoms with Gasteiger partial charge >= 0.3 is 0 Å². The van der Waals surface area contributed by atoms with Gasteiger partial charge in [-0.2, -0.15) is 0 Å². The molecule has 0 radical (unpaired) electrons. The van der Waals surface area contributed by atoms with Gasteiger partial charge in [0.2, 0.25) is 0 Å². The molecule has 2 nitrogen and oxygen atoms in total. The standard InChI is InChI=1S/C12H10BrNO/c13-11-3-1-2-4-12(11)15-10-7-5-9(14)6-8-10/h1-8H,14H2. The summed E-state index contributed by atoms with van der Waals surface area (Å²) in [6.07, 6.45) is 0. The van der Waals surface area contributed by atoms with Crippen molar-refractivity contribution in [1.82, 2.24) is 0 Å². The molecule has 0 atom stereocenters. The van der Waals surface area contributed by atoms with Gasteiger partial charge < -0.3 is 10.5 Å². The zero-order valence-electron chi connectivity index (χ0n) is 7.98. The summed E-state index contributed by atoms with van der Waals surface area (Å²) < 4.78 is 6.59. The molecule has 2 N–H and O–H groups in total. The summed E-state index contributed by atoms with van der Waals surface area (Å²) in [4.78, 5) is 0. The van der Waals surface area contributed by atoms with Crippen molar-refractivity contribution in [1.29, 1.82) is 0 Å². The first-order valence-electron chi connectivity index (χ1n) is 4.53. The van der Waals surface area contributed by atoms with Gasteiger partial charge in [0.1, 0.15) is 11.5 Å². The van der Waals surface area contributed by atoms with Gasteiger partial charge in [-0.3, -0.25) is 0 Å². The summed E-state index contributed by atoms with van der Waals surface area (Å²) in [6, 6.07) is 15.0. The molecule has 0 saturated heterocycles. The van der Waals surface area contributed by atoms with Gasteiger partial charge in [0.25, 0.3) is 0 Å². The van der Waals surface area contributed by atoms with Crippen LogP contribution in [0, 0.1) is 0 Å². The topological polar surface area (TPSA) is 35.2 Å². The predicted molar refractivity (Wildman–Crippen MR) is 65.1 cm³/mol. The minimum Gasteiger partial charge on any atom is -0.456 e. The largest absolute Gasteiger partial charge is 0.456 e. The van der Waals surface area contributed by atoms with E-state index in [1.54, 1.807) is 0 Å². The maximum Gasteiger partial charge on any atom is 0.141 e. The zero-order valence-corrected chi connectivity index (χ0v) is 9.57. The second-order valence-corrected chi connectivity index (χ2v) is 3.96. The molecule has 0 aromatic heterocycles. The smallest absolute Gasteiger partial charge is 0.141 e. The van der Waals surface area contributed by atoms with E-state index in [2.05, 4.69) is 15.9 Å². The maximum absolute atomic E-state index is 5.66. The van der Waals surface area contributed by atoms with Crippen molar-refractivity contribution in [3.63, 3.8) is 0 Å². The van der Waals surface area contributed by atoms with Gasteiger partial charge in [-0.05, 0) is 52.3 Å². The lowest BCUT2D eigenvalue weighted by molar-refractivity contribution is 0.480. The summed E-state index contributed by atoms with van der Waals surface area (Å²) in [5.41, 5.74) is 6.32. The van der Waals surface area contributed by atoms with E-state index in [-0.39, 0.29) is 0 Å². The first-order chi connectivity index (χ1) is 7.25. The number of nitrogens with two attached hydrogens (primary N) is 1. The molecule has 0 bridgehead atoms. The fourth-order valence-electron chi connectivity index (χ4n) is 1.19. The first-order valence-corrected chi connectivity index (χ1v) is 5.33. The summed E-state index contributed by atoms with van der Waals surface area (Å²) >= 11 is 3.42. The molecule has 0 aliphatic carbocycles. The highest BCUT2D eigenvalue weighted by Gasteiger charge is 2.00. The number of rotatable bonds is 2. The number of para-hydroxylation sites is 1. The number of ether oxygens (including phenoxy) is 1. The number of anilines is 1. The Bertz CT molecular complexity index is 453. The molecule has 0 heterocycles. The molecule has 76 valence electrons. The van der Waals surface area contributed by atoms with E-state index in [9.17, 15) is 0 Å². The van der Waals surface area contributed by atoms with Crippen LogP contribution in [-0.4, -0.2) is 0 Å². The van der Waals surface area contributed by atoms with Crippen LogP contribution in [0.1, 0.15) is 0 Å². The molecule has 0 spiro atoms. The van der Waals surface area contributed by atoms with Crippen molar-refractivity contribution in [3.05, 3.63) is 53.0 Å². The zero-order chi connectivity index (χ0) is 10.7. The van der Waals surface area contributed by atoms with Gasteiger partial charge in [-0.25, -0.2) is 0 Å². The molecule has 0 saturated carbocycles. The molecule has 3 heteroatoms. The summed E-state index contributed by atoms with van der Waals surface area (Å²) in [5, 5.41) is 0. The van der Waals surface area contributed by atoms with E-state index in [4.69, 9.17) is 10.5 Å². The van der Waals surface area contributed by atoms with E-state index in [0.717, 1.165) is 21.7 Å². The van der Waals surface area contributed by atoms with Gasteiger partial charge in [-0.15, -0.1) is 0 Å². The van der Waals surface area contributed by atoms with E-state index < -0.39 is 0 Å². The van der Waals surface area contributed by atoms with E-state index in [1.807, 2.05) is 48.5 Å². The van der Waals surface area contributed by atoms with Crippen molar-refractivity contribution in [2.24, 2.45) is 0 Å². The van der Waals surface area contributed by atoms with Crippen LogP contribution in [0.2, 0.25) is 0 Å². The number of hydrogen-bond donors (Lipinski definition) is 1. The third-order valence-electron chi connectivity index (χ3n) is 1.94. The molecular formula is C12H10BrNO. The fourth-order valence-corrected chi connectivity index (χ4v) is 1.56. The lowest BCUT2D eigenvalue weighted by Crippen LogP contribution is -1.87. The minimum absolute atomic E-state index is 0.731. The van der Waals surface area contributed by atoms with Crippen molar-refractivity contribution < 1.29 is 4.74 Å². The van der Waals surface area contributed by atoms with Crippen LogP contribution >= 0.6 is 15.9 Å². The Morgan fingerprint density at radius 3 is 2.27 bits per heavy atom. The molecule has 0 amide bonds. The fraction of sp³-hybridized carbons (Fsp3) is 0. The van der Waals surface area contributed by atoms with Crippen LogP contribution in [0.5, 0.6) is 11.5 Å². The monoisotopic (exact) mass is 263 g/mol. The average molecular weight is 264 g/mol. The van der Waals surface area contributed by atoms with Crippen LogP contribution in [0.25, 0.3) is 0 Å². The Hall–Kier alpha value is -1.48. The predicted octanol–water partition coefficient (Wildman–Crippen LogP) is 3.82. The number of nitrogen functional groups attached to an aromatic ring is 1. The summed E-state index contributed by atoms with van der Waals surface area (Å²) in [7, 11) is 0. The summed E-state index contributed by atoms with van der Waals surface area (Å²) in [6.45, 7) is 0. The molecule has 0 fully saturated rings. The second kappa shape index (κ2) is 4.36. The van der Waals surface area contributed by atoms with Crippen molar-refractivity contribution in [2.45, 2.75) is 0 Å². The van der Waals surface area contributed by atoms with Crippen LogP contribution in [-0.2, 0) is 0 Å². The SMILES string of the molecule is Nc1ccc(Oc2ccccc2Br)cc1.